The van der Waals surface area contributed by atoms with Crippen LogP contribution in [-0.4, -0.2) is 6.54 Å². The van der Waals surface area contributed by atoms with E-state index in [1.54, 1.807) is 0 Å². The lowest BCUT2D eigenvalue weighted by atomic mass is 10.5. The molecule has 2 heteroatoms. The highest BCUT2D eigenvalue weighted by atomic mass is 79.9. The Labute approximate surface area is 48.2 Å². The highest BCUT2D eigenvalue weighted by Crippen LogP contribution is 1.84. The van der Waals surface area contributed by atoms with Gasteiger partial charge in [0.15, 0.2) is 0 Å². The molecular weight excluding hydrogens is 142 g/mol. The highest BCUT2D eigenvalue weighted by Gasteiger charge is 1.81. The van der Waals surface area contributed by atoms with Crippen LogP contribution in [0.3, 0.4) is 0 Å². The van der Waals surface area contributed by atoms with Crippen LogP contribution in [-0.2, 0) is 0 Å². The lowest BCUT2D eigenvalue weighted by Crippen LogP contribution is -1.96. The summed E-state index contributed by atoms with van der Waals surface area (Å²) in [4.78, 5) is 0. The summed E-state index contributed by atoms with van der Waals surface area (Å²) in [5.74, 6) is 0. The average Bonchev–Trinajstić information content (AvgIpc) is 1.76. The summed E-state index contributed by atoms with van der Waals surface area (Å²) in [6.07, 6.45) is 5.32. The number of rotatable bonds is 0. The van der Waals surface area contributed by atoms with Crippen LogP contribution in [0.2, 0.25) is 0 Å². The van der Waals surface area contributed by atoms with Gasteiger partial charge in [0.05, 0.1) is 0 Å². The van der Waals surface area contributed by atoms with Crippen LogP contribution in [0.5, 0.6) is 0 Å². The number of hydrogen-bond acceptors (Lipinski definition) is 1. The molecule has 0 unspecified atom stereocenters. The molecule has 6 heavy (non-hydrogen) atoms. The van der Waals surface area contributed by atoms with Gasteiger partial charge in [-0.3, -0.25) is 0 Å². The Morgan fingerprint density at radius 1 is 1.50 bits per heavy atom. The van der Waals surface area contributed by atoms with Gasteiger partial charge in [0, 0.05) is 6.54 Å². The highest BCUT2D eigenvalue weighted by molar-refractivity contribution is 8.93. The third kappa shape index (κ3) is 1.45. The summed E-state index contributed by atoms with van der Waals surface area (Å²) in [7, 11) is 0. The second-order valence-corrected chi connectivity index (χ2v) is 1.15. The Balaban J connectivity index is 0.000000250. The van der Waals surface area contributed by atoms with Gasteiger partial charge in [-0.05, 0) is 12.6 Å². The minimum atomic E-state index is 0. The number of halogens is 1. The third-order valence-electron chi connectivity index (χ3n) is 0.691. The van der Waals surface area contributed by atoms with E-state index in [0.717, 1.165) is 6.54 Å². The molecule has 0 saturated carbocycles. The van der Waals surface area contributed by atoms with Gasteiger partial charge in [-0.2, -0.15) is 0 Å². The van der Waals surface area contributed by atoms with Crippen molar-refractivity contribution in [1.29, 1.82) is 0 Å². The first-order valence-corrected chi connectivity index (χ1v) is 1.88. The predicted molar refractivity (Wildman–Crippen MR) is 32.1 cm³/mol. The smallest absolute Gasteiger partial charge is 0.0176 e. The molecule has 0 aromatic carbocycles. The molecule has 0 aromatic heterocycles. The Kier molecular flexibility index (Phi) is 3.23. The molecule has 0 spiro atoms. The summed E-state index contributed by atoms with van der Waals surface area (Å²) in [6.45, 7) is 1.14. The molecule has 0 bridgehead atoms. The molecule has 0 amide bonds. The van der Waals surface area contributed by atoms with E-state index in [1.165, 1.54) is 6.42 Å². The largest absolute Gasteiger partial charge is 0.391 e. The van der Waals surface area contributed by atoms with Crippen molar-refractivity contribution in [2.75, 3.05) is 6.54 Å². The monoisotopic (exact) mass is 149 g/mol. The van der Waals surface area contributed by atoms with Gasteiger partial charge in [-0.25, -0.2) is 0 Å². The van der Waals surface area contributed by atoms with Crippen molar-refractivity contribution in [2.24, 2.45) is 0 Å². The SMILES string of the molecule is Br.C1=CNCC1. The standard InChI is InChI=1S/C4H7N.BrH/c1-2-4-5-3-1;/h1,3,5H,2,4H2;1H. The van der Waals surface area contributed by atoms with Crippen LogP contribution in [0.25, 0.3) is 0 Å². The molecule has 1 nitrogen and oxygen atoms in total. The van der Waals surface area contributed by atoms with E-state index in [2.05, 4.69) is 11.4 Å². The molecule has 1 N–H and O–H groups in total. The van der Waals surface area contributed by atoms with Crippen molar-refractivity contribution in [1.82, 2.24) is 5.32 Å². The molecule has 1 rings (SSSR count). The van der Waals surface area contributed by atoms with Crippen LogP contribution in [0, 0.1) is 0 Å². The van der Waals surface area contributed by atoms with Gasteiger partial charge < -0.3 is 5.32 Å². The lowest BCUT2D eigenvalue weighted by molar-refractivity contribution is 0.917. The molecule has 0 aliphatic carbocycles. The fourth-order valence-corrected chi connectivity index (χ4v) is 0.417. The predicted octanol–water partition coefficient (Wildman–Crippen LogP) is 1.07. The summed E-state index contributed by atoms with van der Waals surface area (Å²) in [6, 6.07) is 0. The summed E-state index contributed by atoms with van der Waals surface area (Å²) < 4.78 is 0. The lowest BCUT2D eigenvalue weighted by Gasteiger charge is -1.78. The first-order chi connectivity index (χ1) is 2.50. The quantitative estimate of drug-likeness (QED) is 0.544. The average molecular weight is 150 g/mol. The molecule has 0 radical (unpaired) electrons. The minimum absolute atomic E-state index is 0. The molecule has 1 aliphatic heterocycles. The Bertz CT molecular complexity index is 45.5. The second-order valence-electron chi connectivity index (χ2n) is 1.15. The summed E-state index contributed by atoms with van der Waals surface area (Å²) >= 11 is 0. The molecule has 0 saturated heterocycles. The Hall–Kier alpha value is 0.0200. The molecule has 0 atom stereocenters. The molecule has 1 heterocycles. The van der Waals surface area contributed by atoms with E-state index in [4.69, 9.17) is 0 Å². The maximum Gasteiger partial charge on any atom is 0.0176 e. The summed E-state index contributed by atoms with van der Waals surface area (Å²) in [5, 5.41) is 3.04. The van der Waals surface area contributed by atoms with Gasteiger partial charge in [0.2, 0.25) is 0 Å². The fraction of sp³-hybridized carbons (Fsp3) is 0.500. The van der Waals surface area contributed by atoms with Gasteiger partial charge in [-0.15, -0.1) is 17.0 Å². The van der Waals surface area contributed by atoms with Crippen molar-refractivity contribution in [3.63, 3.8) is 0 Å². The molecule has 0 fully saturated rings. The zero-order valence-electron chi connectivity index (χ0n) is 3.48. The minimum Gasteiger partial charge on any atom is -0.391 e. The summed E-state index contributed by atoms with van der Waals surface area (Å²) in [5.41, 5.74) is 0. The zero-order chi connectivity index (χ0) is 3.54. The van der Waals surface area contributed by atoms with Crippen LogP contribution in [0.15, 0.2) is 12.3 Å². The molecule has 36 valence electrons. The van der Waals surface area contributed by atoms with Crippen LogP contribution >= 0.6 is 17.0 Å². The van der Waals surface area contributed by atoms with Gasteiger partial charge in [-0.1, -0.05) is 6.08 Å². The molecular formula is C4H8BrN. The first-order valence-electron chi connectivity index (χ1n) is 1.88. The zero-order valence-corrected chi connectivity index (χ0v) is 5.19. The Morgan fingerprint density at radius 3 is 2.50 bits per heavy atom. The van der Waals surface area contributed by atoms with Crippen molar-refractivity contribution in [3.8, 4) is 0 Å². The van der Waals surface area contributed by atoms with Crippen molar-refractivity contribution < 1.29 is 0 Å². The van der Waals surface area contributed by atoms with Crippen LogP contribution < -0.4 is 5.32 Å². The van der Waals surface area contributed by atoms with Gasteiger partial charge >= 0.3 is 0 Å². The number of nitrogens with one attached hydrogen (secondary N) is 1. The van der Waals surface area contributed by atoms with Crippen LogP contribution in [0.1, 0.15) is 6.42 Å². The number of hydrogen-bond donors (Lipinski definition) is 1. The van der Waals surface area contributed by atoms with E-state index in [-0.39, 0.29) is 17.0 Å². The van der Waals surface area contributed by atoms with Gasteiger partial charge in [0.25, 0.3) is 0 Å². The molecule has 1 aliphatic rings. The van der Waals surface area contributed by atoms with Crippen LogP contribution in [0.4, 0.5) is 0 Å². The van der Waals surface area contributed by atoms with Gasteiger partial charge in [0.1, 0.15) is 0 Å². The maximum atomic E-state index is 3.04. The van der Waals surface area contributed by atoms with E-state index >= 15 is 0 Å². The Morgan fingerprint density at radius 2 is 2.33 bits per heavy atom. The second kappa shape index (κ2) is 3.22. The fourth-order valence-electron chi connectivity index (χ4n) is 0.417. The van der Waals surface area contributed by atoms with E-state index in [9.17, 15) is 0 Å². The topological polar surface area (TPSA) is 12.0 Å². The first kappa shape index (κ1) is 6.02. The van der Waals surface area contributed by atoms with E-state index < -0.39 is 0 Å². The molecule has 0 aromatic rings. The van der Waals surface area contributed by atoms with Crippen molar-refractivity contribution in [3.05, 3.63) is 12.3 Å². The van der Waals surface area contributed by atoms with Crippen molar-refractivity contribution >= 4 is 17.0 Å². The third-order valence-corrected chi connectivity index (χ3v) is 0.691. The van der Waals surface area contributed by atoms with Crippen molar-refractivity contribution in [2.45, 2.75) is 6.42 Å². The normalized spacial score (nSPS) is 16.0. The van der Waals surface area contributed by atoms with E-state index in [0.29, 0.717) is 0 Å². The van der Waals surface area contributed by atoms with E-state index in [1.807, 2.05) is 6.20 Å². The maximum absolute atomic E-state index is 3.04.